The fourth-order valence-electron chi connectivity index (χ4n) is 6.80. The van der Waals surface area contributed by atoms with E-state index in [9.17, 15) is 18.8 Å². The van der Waals surface area contributed by atoms with E-state index in [-0.39, 0.29) is 24.5 Å². The summed E-state index contributed by atoms with van der Waals surface area (Å²) in [5.74, 6) is 0.471. The van der Waals surface area contributed by atoms with E-state index in [2.05, 4.69) is 26.1 Å². The number of carboxylic acid groups (broad SMARTS) is 1. The number of hydrogen-bond donors (Lipinski definition) is 3. The van der Waals surface area contributed by atoms with E-state index < -0.39 is 17.3 Å². The van der Waals surface area contributed by atoms with E-state index in [4.69, 9.17) is 16.3 Å². The maximum absolute atomic E-state index is 13.8. The van der Waals surface area contributed by atoms with Gasteiger partial charge in [0.25, 0.3) is 5.91 Å². The van der Waals surface area contributed by atoms with Crippen LogP contribution in [0.25, 0.3) is 28.4 Å². The zero-order valence-electron chi connectivity index (χ0n) is 26.7. The number of fused-ring (bicyclic) bond motifs is 1. The van der Waals surface area contributed by atoms with Crippen LogP contribution in [0.4, 0.5) is 10.1 Å². The molecular weight excluding hydrogens is 611 g/mol. The van der Waals surface area contributed by atoms with E-state index >= 15 is 0 Å². The molecule has 2 heterocycles. The molecule has 2 fully saturated rings. The van der Waals surface area contributed by atoms with Crippen LogP contribution in [0.5, 0.6) is 5.75 Å². The number of carbonyl (C=O) groups is 3. The number of ether oxygens (including phenoxy) is 1. The highest BCUT2D eigenvalue weighted by Gasteiger charge is 2.45. The number of pyridine rings is 1. The first-order chi connectivity index (χ1) is 23.2. The molecule has 48 heavy (non-hydrogen) atoms. The van der Waals surface area contributed by atoms with Gasteiger partial charge in [0.15, 0.2) is 0 Å². The van der Waals surface area contributed by atoms with Crippen molar-refractivity contribution >= 4 is 40.4 Å². The molecule has 2 saturated carbocycles. The highest BCUT2D eigenvalue weighted by Crippen LogP contribution is 2.41. The molecule has 4 aromatic rings. The first-order valence-corrected chi connectivity index (χ1v) is 16.2. The minimum Gasteiger partial charge on any atom is -0.480 e. The molecule has 2 aliphatic rings. The highest BCUT2D eigenvalue weighted by molar-refractivity contribution is 6.06. The largest absolute Gasteiger partial charge is 0.480 e. The number of terminal acetylenes is 1. The van der Waals surface area contributed by atoms with Gasteiger partial charge in [-0.2, -0.15) is 0 Å². The molecule has 0 atom stereocenters. The van der Waals surface area contributed by atoms with Crippen LogP contribution < -0.4 is 15.4 Å². The fraction of sp³-hybridized carbons (Fsp3) is 0.316. The number of aromatic nitrogens is 2. The number of rotatable bonds is 10. The summed E-state index contributed by atoms with van der Waals surface area (Å²) in [5, 5.41) is 15.8. The summed E-state index contributed by atoms with van der Waals surface area (Å²) in [4.78, 5) is 42.8. The number of carboxylic acids is 1. The molecule has 6 rings (SSSR count). The molecule has 0 bridgehead atoms. The van der Waals surface area contributed by atoms with Crippen molar-refractivity contribution in [1.82, 2.24) is 14.9 Å². The van der Waals surface area contributed by atoms with Gasteiger partial charge >= 0.3 is 5.97 Å². The van der Waals surface area contributed by atoms with Gasteiger partial charge in [0.05, 0.1) is 17.6 Å². The monoisotopic (exact) mass is 648 g/mol. The van der Waals surface area contributed by atoms with Crippen molar-refractivity contribution in [3.05, 3.63) is 83.3 Å². The van der Waals surface area contributed by atoms with Gasteiger partial charge in [-0.1, -0.05) is 25.2 Å². The molecule has 3 N–H and O–H groups in total. The number of amides is 2. The quantitative estimate of drug-likeness (QED) is 0.125. The van der Waals surface area contributed by atoms with Crippen molar-refractivity contribution in [3.63, 3.8) is 0 Å². The number of hydrogen-bond acceptors (Lipinski definition) is 5. The van der Waals surface area contributed by atoms with Crippen LogP contribution in [0.1, 0.15) is 78.9 Å². The molecule has 9 nitrogen and oxygen atoms in total. The van der Waals surface area contributed by atoms with Crippen LogP contribution >= 0.6 is 0 Å². The first-order valence-electron chi connectivity index (χ1n) is 16.2. The van der Waals surface area contributed by atoms with E-state index in [1.54, 1.807) is 30.3 Å². The second-order valence-electron chi connectivity index (χ2n) is 12.5. The molecule has 2 amide bonds. The Morgan fingerprint density at radius 3 is 2.56 bits per heavy atom. The van der Waals surface area contributed by atoms with Crippen molar-refractivity contribution in [1.29, 1.82) is 0 Å². The standard InChI is InChI=1S/C38H37FN4O5/c1-3-20-48-33-22-28(14-10-25(33)12-17-34(44)45)41-37(47)38(18-7-19-38)42-36(46)26-11-16-32-30(21-26)24(2)35(31-15-13-27(39)23-40-31)43(32)29-8-5-4-6-9-29/h1,10-17,21-23,29H,4-9,18-20H2,2H3,(H,41,47)(H,42,46)(H,44,45)/b17-12+. The van der Waals surface area contributed by atoms with Gasteiger partial charge in [-0.25, -0.2) is 9.18 Å². The molecule has 0 saturated heterocycles. The number of carbonyl (C=O) groups excluding carboxylic acids is 2. The zero-order chi connectivity index (χ0) is 33.8. The lowest BCUT2D eigenvalue weighted by molar-refractivity contribution is -0.131. The van der Waals surface area contributed by atoms with Crippen LogP contribution in [-0.2, 0) is 9.59 Å². The van der Waals surface area contributed by atoms with Crippen LogP contribution in [0, 0.1) is 25.1 Å². The number of benzene rings is 2. The lowest BCUT2D eigenvalue weighted by Gasteiger charge is -2.40. The average Bonchev–Trinajstić information content (AvgIpc) is 3.36. The van der Waals surface area contributed by atoms with E-state index in [0.717, 1.165) is 60.3 Å². The van der Waals surface area contributed by atoms with Crippen LogP contribution in [0.15, 0.2) is 60.8 Å². The number of nitrogens with one attached hydrogen (secondary N) is 2. The summed E-state index contributed by atoms with van der Waals surface area (Å²) >= 11 is 0. The molecule has 2 aliphatic carbocycles. The third-order valence-electron chi connectivity index (χ3n) is 9.41. The van der Waals surface area contributed by atoms with Crippen LogP contribution in [0.2, 0.25) is 0 Å². The topological polar surface area (TPSA) is 123 Å². The number of aryl methyl sites for hydroxylation is 1. The van der Waals surface area contributed by atoms with Crippen molar-refractivity contribution in [2.75, 3.05) is 11.9 Å². The third kappa shape index (κ3) is 6.54. The molecule has 0 aliphatic heterocycles. The molecule has 0 unspecified atom stereocenters. The Hall–Kier alpha value is -5.43. The van der Waals surface area contributed by atoms with Crippen LogP contribution in [-0.4, -0.2) is 44.6 Å². The van der Waals surface area contributed by atoms with Gasteiger partial charge in [-0.15, -0.1) is 6.42 Å². The van der Waals surface area contributed by atoms with Crippen molar-refractivity contribution in [3.8, 4) is 29.5 Å². The Labute approximate surface area is 278 Å². The Bertz CT molecular complexity index is 1950. The Balaban J connectivity index is 1.27. The summed E-state index contributed by atoms with van der Waals surface area (Å²) in [7, 11) is 0. The molecule has 2 aromatic carbocycles. The number of nitrogens with zero attached hydrogens (tertiary/aromatic N) is 2. The average molecular weight is 649 g/mol. The summed E-state index contributed by atoms with van der Waals surface area (Å²) < 4.78 is 21.7. The van der Waals surface area contributed by atoms with Gasteiger partial charge in [-0.3, -0.25) is 14.6 Å². The van der Waals surface area contributed by atoms with Crippen molar-refractivity contribution in [2.45, 2.75) is 69.9 Å². The minimum atomic E-state index is -1.11. The van der Waals surface area contributed by atoms with E-state index in [0.29, 0.717) is 41.1 Å². The third-order valence-corrected chi connectivity index (χ3v) is 9.41. The first kappa shape index (κ1) is 32.5. The SMILES string of the molecule is C#CCOc1cc(NC(=O)C2(NC(=O)c3ccc4c(c3)c(C)c(-c3ccc(F)cn3)n4C3CCCCC3)CCC2)ccc1/C=C/C(=O)O. The summed E-state index contributed by atoms with van der Waals surface area (Å²) in [6.07, 6.45) is 16.2. The molecule has 10 heteroatoms. The van der Waals surface area contributed by atoms with Gasteiger partial charge < -0.3 is 25.0 Å². The summed E-state index contributed by atoms with van der Waals surface area (Å²) in [6.45, 7) is 1.97. The number of anilines is 1. The predicted octanol–water partition coefficient (Wildman–Crippen LogP) is 7.06. The zero-order valence-corrected chi connectivity index (χ0v) is 26.7. The molecule has 0 spiro atoms. The van der Waals surface area contributed by atoms with E-state index in [1.807, 2.05) is 19.1 Å². The predicted molar refractivity (Wildman–Crippen MR) is 182 cm³/mol. The number of aliphatic carboxylic acids is 1. The molecule has 246 valence electrons. The maximum atomic E-state index is 13.8. The van der Waals surface area contributed by atoms with Gasteiger partial charge in [0.1, 0.15) is 23.7 Å². The fourth-order valence-corrected chi connectivity index (χ4v) is 6.80. The maximum Gasteiger partial charge on any atom is 0.328 e. The Morgan fingerprint density at radius 2 is 1.90 bits per heavy atom. The second-order valence-corrected chi connectivity index (χ2v) is 12.5. The van der Waals surface area contributed by atoms with Crippen LogP contribution in [0.3, 0.4) is 0 Å². The van der Waals surface area contributed by atoms with Crippen molar-refractivity contribution < 1.29 is 28.6 Å². The molecule has 2 aromatic heterocycles. The van der Waals surface area contributed by atoms with Gasteiger partial charge in [-0.05, 0) is 93.1 Å². The molecule has 0 radical (unpaired) electrons. The second kappa shape index (κ2) is 13.7. The van der Waals surface area contributed by atoms with Gasteiger partial charge in [0.2, 0.25) is 5.91 Å². The lowest BCUT2D eigenvalue weighted by atomic mass is 9.75. The number of halogens is 1. The summed E-state index contributed by atoms with van der Waals surface area (Å²) in [5.41, 5.74) is 3.82. The summed E-state index contributed by atoms with van der Waals surface area (Å²) in [6, 6.07) is 13.9. The Kier molecular flexibility index (Phi) is 9.30. The minimum absolute atomic E-state index is 0.0406. The van der Waals surface area contributed by atoms with E-state index in [1.165, 1.54) is 24.8 Å². The normalized spacial score (nSPS) is 15.9. The molecular formula is C38H37FN4O5. The smallest absolute Gasteiger partial charge is 0.328 e. The highest BCUT2D eigenvalue weighted by atomic mass is 19.1. The lowest BCUT2D eigenvalue weighted by Crippen LogP contribution is -2.61. The van der Waals surface area contributed by atoms with Crippen molar-refractivity contribution in [2.24, 2.45) is 0 Å². The van der Waals surface area contributed by atoms with Gasteiger partial charge in [0, 0.05) is 45.9 Å². The Morgan fingerprint density at radius 1 is 1.10 bits per heavy atom.